The fourth-order valence-electron chi connectivity index (χ4n) is 3.19. The Morgan fingerprint density at radius 2 is 1.96 bits per heavy atom. The zero-order valence-corrected chi connectivity index (χ0v) is 17.8. The van der Waals surface area contributed by atoms with Crippen LogP contribution in [0.15, 0.2) is 24.3 Å². The number of fused-ring (bicyclic) bond motifs is 1. The van der Waals surface area contributed by atoms with Gasteiger partial charge in [-0.3, -0.25) is 4.79 Å². The molecule has 0 radical (unpaired) electrons. The number of rotatable bonds is 7. The van der Waals surface area contributed by atoms with Crippen molar-refractivity contribution in [2.75, 3.05) is 12.8 Å². The van der Waals surface area contributed by atoms with Crippen molar-refractivity contribution in [3.63, 3.8) is 0 Å². The molecular formula is C17H26Cl2N4O3S. The summed E-state index contributed by atoms with van der Waals surface area (Å²) >= 11 is 0. The van der Waals surface area contributed by atoms with Gasteiger partial charge in [0.25, 0.3) is 0 Å². The maximum atomic E-state index is 12.6. The first-order valence-electron chi connectivity index (χ1n) is 8.35. The van der Waals surface area contributed by atoms with Gasteiger partial charge in [-0.2, -0.15) is 0 Å². The summed E-state index contributed by atoms with van der Waals surface area (Å²) in [6.45, 7) is 2.37. The van der Waals surface area contributed by atoms with E-state index in [0.717, 1.165) is 24.6 Å². The molecule has 1 aromatic carbocycles. The Morgan fingerprint density at radius 3 is 2.52 bits per heavy atom. The van der Waals surface area contributed by atoms with Crippen LogP contribution in [0.2, 0.25) is 0 Å². The second-order valence-electron chi connectivity index (χ2n) is 7.12. The molecule has 2 aromatic rings. The Kier molecular flexibility index (Phi) is 7.69. The topological polar surface area (TPSA) is 107 Å². The Hall–Kier alpha value is -1.35. The maximum absolute atomic E-state index is 12.6. The van der Waals surface area contributed by atoms with Gasteiger partial charge in [-0.25, -0.2) is 13.4 Å². The molecule has 1 atom stereocenters. The highest BCUT2D eigenvalue weighted by molar-refractivity contribution is 7.89. The van der Waals surface area contributed by atoms with Gasteiger partial charge < -0.3 is 15.6 Å². The molecule has 1 aliphatic carbocycles. The van der Waals surface area contributed by atoms with Crippen molar-refractivity contribution in [2.24, 2.45) is 11.7 Å². The van der Waals surface area contributed by atoms with Gasteiger partial charge in [0.1, 0.15) is 18.1 Å². The molecule has 0 bridgehead atoms. The van der Waals surface area contributed by atoms with Crippen LogP contribution in [-0.2, 0) is 26.9 Å². The zero-order chi connectivity index (χ0) is 18.2. The van der Waals surface area contributed by atoms with Crippen molar-refractivity contribution in [1.82, 2.24) is 14.9 Å². The Balaban J connectivity index is 0.00000182. The first-order valence-corrected chi connectivity index (χ1v) is 10.4. The minimum Gasteiger partial charge on any atom is -0.348 e. The van der Waals surface area contributed by atoms with Crippen LogP contribution in [-0.4, -0.2) is 42.2 Å². The van der Waals surface area contributed by atoms with Crippen LogP contribution in [0.3, 0.4) is 0 Å². The number of para-hydroxylation sites is 2. The van der Waals surface area contributed by atoms with Crippen molar-refractivity contribution in [3.8, 4) is 0 Å². The van der Waals surface area contributed by atoms with E-state index < -0.39 is 15.4 Å². The lowest BCUT2D eigenvalue weighted by Gasteiger charge is -2.29. The largest absolute Gasteiger partial charge is 0.348 e. The number of imidazole rings is 1. The smallest absolute Gasteiger partial charge is 0.240 e. The molecule has 0 aliphatic heterocycles. The Bertz CT molecular complexity index is 912. The minimum atomic E-state index is -3.26. The van der Waals surface area contributed by atoms with Crippen LogP contribution in [0.25, 0.3) is 11.0 Å². The molecule has 10 heteroatoms. The molecule has 1 saturated carbocycles. The van der Waals surface area contributed by atoms with Crippen LogP contribution in [0.5, 0.6) is 0 Å². The summed E-state index contributed by atoms with van der Waals surface area (Å²) in [5, 5.41) is 3.04. The standard InChI is InChI=1S/C17H24N4O3S.2ClH/c1-17(11-18,12-7-8-12)20-16(22)9-21-14-6-4-3-5-13(14)19-15(21)10-25(2,23)24;;/h3-6,12H,7-11,18H2,1-2H3,(H,20,22);2*1H. The number of nitrogens with two attached hydrogens (primary N) is 1. The number of carbonyl (C=O) groups excluding carboxylic acids is 1. The van der Waals surface area contributed by atoms with Gasteiger partial charge in [0, 0.05) is 12.8 Å². The Labute approximate surface area is 171 Å². The molecular weight excluding hydrogens is 411 g/mol. The number of hydrogen-bond acceptors (Lipinski definition) is 5. The number of carbonyl (C=O) groups is 1. The number of nitrogens with zero attached hydrogens (tertiary/aromatic N) is 2. The zero-order valence-electron chi connectivity index (χ0n) is 15.3. The van der Waals surface area contributed by atoms with Gasteiger partial charge in [-0.05, 0) is 37.8 Å². The summed E-state index contributed by atoms with van der Waals surface area (Å²) in [6, 6.07) is 7.33. The summed E-state index contributed by atoms with van der Waals surface area (Å²) < 4.78 is 25.1. The molecule has 0 spiro atoms. The van der Waals surface area contributed by atoms with E-state index in [2.05, 4.69) is 10.3 Å². The predicted octanol–water partition coefficient (Wildman–Crippen LogP) is 1.67. The Morgan fingerprint density at radius 1 is 1.33 bits per heavy atom. The summed E-state index contributed by atoms with van der Waals surface area (Å²) in [5.41, 5.74) is 6.87. The SMILES string of the molecule is CC(CN)(NC(=O)Cn1c(CS(C)(=O)=O)nc2ccccc21)C1CC1.Cl.Cl. The van der Waals surface area contributed by atoms with Gasteiger partial charge in [-0.1, -0.05) is 12.1 Å². The summed E-state index contributed by atoms with van der Waals surface area (Å²) in [7, 11) is -3.26. The second-order valence-corrected chi connectivity index (χ2v) is 9.26. The van der Waals surface area contributed by atoms with Gasteiger partial charge in [-0.15, -0.1) is 24.8 Å². The van der Waals surface area contributed by atoms with E-state index in [4.69, 9.17) is 5.73 Å². The number of benzene rings is 1. The molecule has 1 aliphatic rings. The van der Waals surface area contributed by atoms with E-state index in [1.54, 1.807) is 4.57 Å². The van der Waals surface area contributed by atoms with Crippen molar-refractivity contribution in [1.29, 1.82) is 0 Å². The number of nitrogens with one attached hydrogen (secondary N) is 1. The molecule has 3 N–H and O–H groups in total. The number of amides is 1. The van der Waals surface area contributed by atoms with Crippen LogP contribution in [0, 0.1) is 5.92 Å². The molecule has 1 heterocycles. The lowest BCUT2D eigenvalue weighted by atomic mass is 9.96. The van der Waals surface area contributed by atoms with Crippen molar-refractivity contribution < 1.29 is 13.2 Å². The summed E-state index contributed by atoms with van der Waals surface area (Å²) in [4.78, 5) is 17.0. The lowest BCUT2D eigenvalue weighted by molar-refractivity contribution is -0.123. The molecule has 1 unspecified atom stereocenters. The van der Waals surface area contributed by atoms with E-state index in [0.29, 0.717) is 23.8 Å². The molecule has 3 rings (SSSR count). The maximum Gasteiger partial charge on any atom is 0.240 e. The van der Waals surface area contributed by atoms with E-state index in [9.17, 15) is 13.2 Å². The fraction of sp³-hybridized carbons (Fsp3) is 0.529. The molecule has 27 heavy (non-hydrogen) atoms. The quantitative estimate of drug-likeness (QED) is 0.685. The predicted molar refractivity (Wildman–Crippen MR) is 111 cm³/mol. The molecule has 152 valence electrons. The second kappa shape index (κ2) is 8.77. The summed E-state index contributed by atoms with van der Waals surface area (Å²) in [5.74, 6) is 0.403. The average Bonchev–Trinajstić information content (AvgIpc) is 3.32. The number of hydrogen-bond donors (Lipinski definition) is 2. The summed E-state index contributed by atoms with van der Waals surface area (Å²) in [6.07, 6.45) is 3.30. The van der Waals surface area contributed by atoms with Gasteiger partial charge in [0.2, 0.25) is 5.91 Å². The average molecular weight is 437 g/mol. The minimum absolute atomic E-state index is 0. The molecule has 1 amide bonds. The third kappa shape index (κ3) is 5.57. The van der Waals surface area contributed by atoms with E-state index in [1.165, 1.54) is 0 Å². The molecule has 7 nitrogen and oxygen atoms in total. The third-order valence-electron chi connectivity index (χ3n) is 4.75. The van der Waals surface area contributed by atoms with E-state index >= 15 is 0 Å². The molecule has 1 fully saturated rings. The van der Waals surface area contributed by atoms with Gasteiger partial charge in [0.05, 0.1) is 16.6 Å². The van der Waals surface area contributed by atoms with Crippen molar-refractivity contribution in [3.05, 3.63) is 30.1 Å². The monoisotopic (exact) mass is 436 g/mol. The highest BCUT2D eigenvalue weighted by Crippen LogP contribution is 2.39. The first kappa shape index (κ1) is 23.7. The van der Waals surface area contributed by atoms with Crippen molar-refractivity contribution in [2.45, 2.75) is 37.6 Å². The number of sulfone groups is 1. The van der Waals surface area contributed by atoms with Crippen molar-refractivity contribution >= 4 is 51.6 Å². The van der Waals surface area contributed by atoms with E-state index in [-0.39, 0.29) is 43.0 Å². The highest BCUT2D eigenvalue weighted by atomic mass is 35.5. The van der Waals surface area contributed by atoms with Gasteiger partial charge in [0.15, 0.2) is 9.84 Å². The van der Waals surface area contributed by atoms with E-state index in [1.807, 2.05) is 31.2 Å². The van der Waals surface area contributed by atoms with Crippen LogP contribution < -0.4 is 11.1 Å². The third-order valence-corrected chi connectivity index (χ3v) is 5.54. The van der Waals surface area contributed by atoms with Crippen LogP contribution >= 0.6 is 24.8 Å². The molecule has 1 aromatic heterocycles. The lowest BCUT2D eigenvalue weighted by Crippen LogP contribution is -2.54. The number of halogens is 2. The molecule has 0 saturated heterocycles. The fourth-order valence-corrected chi connectivity index (χ4v) is 3.88. The van der Waals surface area contributed by atoms with Gasteiger partial charge >= 0.3 is 0 Å². The number of aromatic nitrogens is 2. The van der Waals surface area contributed by atoms with Crippen LogP contribution in [0.1, 0.15) is 25.6 Å². The first-order chi connectivity index (χ1) is 11.7. The highest BCUT2D eigenvalue weighted by Gasteiger charge is 2.41. The van der Waals surface area contributed by atoms with Crippen LogP contribution in [0.4, 0.5) is 0 Å². The normalized spacial score (nSPS) is 16.1.